The number of nitrogens with zero attached hydrogens (tertiary/aromatic N) is 1. The van der Waals surface area contributed by atoms with Crippen molar-refractivity contribution in [2.75, 3.05) is 18.4 Å². The Balaban J connectivity index is 1.74. The molecule has 2 aromatic rings. The molecule has 0 aliphatic carbocycles. The largest absolute Gasteiger partial charge is 0.330 e. The van der Waals surface area contributed by atoms with Gasteiger partial charge in [0, 0.05) is 5.39 Å². The van der Waals surface area contributed by atoms with Crippen LogP contribution in [0.5, 0.6) is 0 Å². The molecule has 0 radical (unpaired) electrons. The number of carbonyl (C=O) groups is 1. The van der Waals surface area contributed by atoms with Crippen LogP contribution in [0.1, 0.15) is 18.9 Å². The zero-order valence-electron chi connectivity index (χ0n) is 12.8. The van der Waals surface area contributed by atoms with Crippen molar-refractivity contribution in [2.45, 2.75) is 25.8 Å². The smallest absolute Gasteiger partial charge is 0.241 e. The average molecular weight is 298 g/mol. The van der Waals surface area contributed by atoms with Gasteiger partial charge in [-0.25, -0.2) is 0 Å². The first-order valence-electron chi connectivity index (χ1n) is 7.82. The molecule has 5 heteroatoms. The van der Waals surface area contributed by atoms with E-state index in [4.69, 9.17) is 5.73 Å². The molecule has 1 aromatic heterocycles. The first-order chi connectivity index (χ1) is 10.7. The minimum atomic E-state index is -0.161. The number of benzene rings is 1. The topological polar surface area (TPSA) is 80.0 Å². The summed E-state index contributed by atoms with van der Waals surface area (Å²) in [6.07, 6.45) is 3.49. The fourth-order valence-electron chi connectivity index (χ4n) is 2.89. The van der Waals surface area contributed by atoms with E-state index in [0.29, 0.717) is 12.5 Å². The highest BCUT2D eigenvalue weighted by Gasteiger charge is 2.28. The van der Waals surface area contributed by atoms with E-state index in [1.54, 1.807) is 6.20 Å². The maximum Gasteiger partial charge on any atom is 0.241 e. The number of nitrogens with two attached hydrogens (primary N) is 1. The Hall–Kier alpha value is -1.98. The van der Waals surface area contributed by atoms with Crippen LogP contribution in [-0.2, 0) is 11.2 Å². The number of anilines is 1. The third-order valence-corrected chi connectivity index (χ3v) is 4.29. The first kappa shape index (κ1) is 14.9. The highest BCUT2D eigenvalue weighted by molar-refractivity contribution is 5.96. The van der Waals surface area contributed by atoms with Gasteiger partial charge in [0.15, 0.2) is 0 Å². The number of pyridine rings is 1. The van der Waals surface area contributed by atoms with Crippen LogP contribution in [0.3, 0.4) is 0 Å². The molecule has 2 unspecified atom stereocenters. The molecule has 3 rings (SSSR count). The minimum absolute atomic E-state index is 0.0104. The molecule has 1 fully saturated rings. The van der Waals surface area contributed by atoms with Crippen LogP contribution >= 0.6 is 0 Å². The summed E-state index contributed by atoms with van der Waals surface area (Å²) in [7, 11) is 0. The minimum Gasteiger partial charge on any atom is -0.330 e. The summed E-state index contributed by atoms with van der Waals surface area (Å²) in [4.78, 5) is 16.7. The predicted octanol–water partition coefficient (Wildman–Crippen LogP) is 1.67. The lowest BCUT2D eigenvalue weighted by molar-refractivity contribution is -0.117. The summed E-state index contributed by atoms with van der Waals surface area (Å²) < 4.78 is 0. The van der Waals surface area contributed by atoms with Crippen molar-refractivity contribution in [3.63, 3.8) is 0 Å². The summed E-state index contributed by atoms with van der Waals surface area (Å²) in [6.45, 7) is 3.55. The maximum atomic E-state index is 12.3. The highest BCUT2D eigenvalue weighted by Crippen LogP contribution is 2.20. The molecule has 2 atom stereocenters. The molecule has 0 spiro atoms. The summed E-state index contributed by atoms with van der Waals surface area (Å²) in [5.74, 6) is 0.376. The van der Waals surface area contributed by atoms with Crippen LogP contribution in [0, 0.1) is 5.92 Å². The predicted molar refractivity (Wildman–Crippen MR) is 88.7 cm³/mol. The highest BCUT2D eigenvalue weighted by atomic mass is 16.2. The second kappa shape index (κ2) is 6.42. The van der Waals surface area contributed by atoms with E-state index < -0.39 is 0 Å². The zero-order chi connectivity index (χ0) is 15.5. The Bertz CT molecular complexity index is 685. The van der Waals surface area contributed by atoms with Crippen molar-refractivity contribution in [3.05, 3.63) is 36.0 Å². The van der Waals surface area contributed by atoms with Crippen molar-refractivity contribution in [3.8, 4) is 0 Å². The van der Waals surface area contributed by atoms with Gasteiger partial charge in [-0.2, -0.15) is 0 Å². The van der Waals surface area contributed by atoms with E-state index in [-0.39, 0.29) is 11.9 Å². The number of rotatable bonds is 4. The monoisotopic (exact) mass is 298 g/mol. The molecule has 1 aliphatic heterocycles. The normalized spacial score (nSPS) is 21.2. The van der Waals surface area contributed by atoms with Crippen LogP contribution < -0.4 is 16.4 Å². The van der Waals surface area contributed by atoms with Crippen molar-refractivity contribution in [2.24, 2.45) is 11.7 Å². The summed E-state index contributed by atoms with van der Waals surface area (Å²) in [6, 6.07) is 8.05. The first-order valence-corrected chi connectivity index (χ1v) is 7.82. The molecule has 1 amide bonds. The molecule has 0 saturated carbocycles. The van der Waals surface area contributed by atoms with Gasteiger partial charge in [0.2, 0.25) is 5.91 Å². The number of hydrogen-bond acceptors (Lipinski definition) is 4. The van der Waals surface area contributed by atoms with Crippen molar-refractivity contribution >= 4 is 22.5 Å². The third-order valence-electron chi connectivity index (χ3n) is 4.29. The van der Waals surface area contributed by atoms with E-state index in [0.717, 1.165) is 36.0 Å². The van der Waals surface area contributed by atoms with Gasteiger partial charge in [0.25, 0.3) is 0 Å². The fraction of sp³-hybridized carbons (Fsp3) is 0.412. The number of nitrogens with one attached hydrogen (secondary N) is 2. The number of aromatic nitrogens is 1. The molecule has 4 N–H and O–H groups in total. The number of hydrogen-bond donors (Lipinski definition) is 3. The molecule has 1 saturated heterocycles. The van der Waals surface area contributed by atoms with E-state index in [9.17, 15) is 4.79 Å². The molecular weight excluding hydrogens is 276 g/mol. The molecule has 1 aliphatic rings. The molecule has 0 bridgehead atoms. The zero-order valence-corrected chi connectivity index (χ0v) is 12.8. The van der Waals surface area contributed by atoms with Gasteiger partial charge in [-0.1, -0.05) is 13.0 Å². The molecule has 2 heterocycles. The number of amides is 1. The lowest BCUT2D eigenvalue weighted by atomic mass is 10.1. The quantitative estimate of drug-likeness (QED) is 0.802. The van der Waals surface area contributed by atoms with E-state index in [2.05, 4.69) is 34.7 Å². The lowest BCUT2D eigenvalue weighted by Crippen LogP contribution is -2.35. The average Bonchev–Trinajstić information content (AvgIpc) is 3.03. The van der Waals surface area contributed by atoms with E-state index in [1.807, 2.05) is 12.1 Å². The Kier molecular flexibility index (Phi) is 4.36. The molecule has 22 heavy (non-hydrogen) atoms. The summed E-state index contributed by atoms with van der Waals surface area (Å²) in [5.41, 5.74) is 8.60. The van der Waals surface area contributed by atoms with Gasteiger partial charge in [0.05, 0.1) is 23.4 Å². The van der Waals surface area contributed by atoms with Gasteiger partial charge in [-0.3, -0.25) is 9.78 Å². The van der Waals surface area contributed by atoms with Gasteiger partial charge >= 0.3 is 0 Å². The summed E-state index contributed by atoms with van der Waals surface area (Å²) in [5, 5.41) is 7.23. The standard InChI is InChI=1S/C17H22N4O/c1-2-11-3-4-15-13(5-11)7-14(10-20-15)21-17(22)16-6-12(8-18)9-19-16/h3-5,7,10,12,16,19H,2,6,8-9,18H2,1H3,(H,21,22). The van der Waals surface area contributed by atoms with Crippen LogP contribution in [0.2, 0.25) is 0 Å². The van der Waals surface area contributed by atoms with E-state index in [1.165, 1.54) is 5.56 Å². The van der Waals surface area contributed by atoms with Crippen molar-refractivity contribution in [1.82, 2.24) is 10.3 Å². The Morgan fingerprint density at radius 1 is 1.45 bits per heavy atom. The Morgan fingerprint density at radius 3 is 3.05 bits per heavy atom. The second-order valence-electron chi connectivity index (χ2n) is 5.89. The van der Waals surface area contributed by atoms with Crippen LogP contribution in [-0.4, -0.2) is 30.0 Å². The van der Waals surface area contributed by atoms with Gasteiger partial charge < -0.3 is 16.4 Å². The number of carbonyl (C=O) groups excluding carboxylic acids is 1. The van der Waals surface area contributed by atoms with Crippen molar-refractivity contribution < 1.29 is 4.79 Å². The molecule has 5 nitrogen and oxygen atoms in total. The SMILES string of the molecule is CCc1ccc2ncc(NC(=O)C3CC(CN)CN3)cc2c1. The lowest BCUT2D eigenvalue weighted by Gasteiger charge is -2.12. The van der Waals surface area contributed by atoms with Crippen LogP contribution in [0.25, 0.3) is 10.9 Å². The Morgan fingerprint density at radius 2 is 2.32 bits per heavy atom. The molecule has 116 valence electrons. The van der Waals surface area contributed by atoms with Crippen LogP contribution in [0.4, 0.5) is 5.69 Å². The second-order valence-corrected chi connectivity index (χ2v) is 5.89. The third kappa shape index (κ3) is 3.10. The van der Waals surface area contributed by atoms with Gasteiger partial charge in [0.1, 0.15) is 0 Å². The van der Waals surface area contributed by atoms with Crippen LogP contribution in [0.15, 0.2) is 30.5 Å². The molecule has 1 aromatic carbocycles. The molecular formula is C17H22N4O. The Labute approximate surface area is 130 Å². The van der Waals surface area contributed by atoms with Gasteiger partial charge in [-0.15, -0.1) is 0 Å². The summed E-state index contributed by atoms with van der Waals surface area (Å²) >= 11 is 0. The van der Waals surface area contributed by atoms with E-state index >= 15 is 0 Å². The van der Waals surface area contributed by atoms with Gasteiger partial charge in [-0.05, 0) is 55.6 Å². The fourth-order valence-corrected chi connectivity index (χ4v) is 2.89. The number of fused-ring (bicyclic) bond motifs is 1. The van der Waals surface area contributed by atoms with Crippen molar-refractivity contribution in [1.29, 1.82) is 0 Å². The maximum absolute atomic E-state index is 12.3. The number of aryl methyl sites for hydroxylation is 1.